The first-order valence-electron chi connectivity index (χ1n) is 6.78. The Bertz CT molecular complexity index is 785. The van der Waals surface area contributed by atoms with Gasteiger partial charge < -0.3 is 5.11 Å². The molecule has 0 amide bonds. The number of carbonyl (C=O) groups is 1. The molecule has 0 saturated heterocycles. The summed E-state index contributed by atoms with van der Waals surface area (Å²) in [5.41, 5.74) is 1.07. The van der Waals surface area contributed by atoms with Crippen LogP contribution in [-0.4, -0.2) is 26.5 Å². The molecule has 22 heavy (non-hydrogen) atoms. The molecule has 0 bridgehead atoms. The fourth-order valence-corrected chi connectivity index (χ4v) is 3.66. The zero-order valence-electron chi connectivity index (χ0n) is 12.4. The van der Waals surface area contributed by atoms with E-state index in [9.17, 15) is 13.2 Å². The van der Waals surface area contributed by atoms with Gasteiger partial charge in [0, 0.05) is 7.05 Å². The van der Waals surface area contributed by atoms with E-state index in [0.29, 0.717) is 17.7 Å². The van der Waals surface area contributed by atoms with Crippen molar-refractivity contribution >= 4 is 21.7 Å². The van der Waals surface area contributed by atoms with Gasteiger partial charge in [-0.1, -0.05) is 31.2 Å². The summed E-state index contributed by atoms with van der Waals surface area (Å²) in [6, 6.07) is 12.8. The molecule has 0 fully saturated rings. The second-order valence-electron chi connectivity index (χ2n) is 4.79. The van der Waals surface area contributed by atoms with E-state index in [1.807, 2.05) is 6.92 Å². The zero-order chi connectivity index (χ0) is 16.3. The Kier molecular flexibility index (Phi) is 4.51. The van der Waals surface area contributed by atoms with Crippen LogP contribution >= 0.6 is 0 Å². The molecule has 0 spiro atoms. The van der Waals surface area contributed by atoms with Gasteiger partial charge >= 0.3 is 5.97 Å². The Labute approximate surface area is 129 Å². The van der Waals surface area contributed by atoms with E-state index in [4.69, 9.17) is 5.11 Å². The van der Waals surface area contributed by atoms with Gasteiger partial charge in [-0.2, -0.15) is 0 Å². The van der Waals surface area contributed by atoms with Crippen molar-refractivity contribution in [3.8, 4) is 0 Å². The molecule has 0 aliphatic carbocycles. The summed E-state index contributed by atoms with van der Waals surface area (Å²) >= 11 is 0. The number of para-hydroxylation sites is 1. The van der Waals surface area contributed by atoms with Gasteiger partial charge in [-0.15, -0.1) is 0 Å². The van der Waals surface area contributed by atoms with Crippen molar-refractivity contribution in [1.82, 2.24) is 0 Å². The molecular weight excluding hydrogens is 302 g/mol. The highest BCUT2D eigenvalue weighted by Gasteiger charge is 2.25. The molecule has 2 aromatic carbocycles. The molecule has 2 rings (SSSR count). The molecule has 0 aliphatic rings. The van der Waals surface area contributed by atoms with E-state index in [-0.39, 0.29) is 10.5 Å². The quantitative estimate of drug-likeness (QED) is 0.919. The number of benzene rings is 2. The number of anilines is 1. The van der Waals surface area contributed by atoms with Crippen molar-refractivity contribution in [1.29, 1.82) is 0 Å². The molecule has 0 unspecified atom stereocenters. The van der Waals surface area contributed by atoms with Crippen molar-refractivity contribution in [2.75, 3.05) is 11.4 Å². The summed E-state index contributed by atoms with van der Waals surface area (Å²) in [5, 5.41) is 9.09. The number of aromatic carboxylic acids is 1. The summed E-state index contributed by atoms with van der Waals surface area (Å²) in [5.74, 6) is -1.15. The number of hydrogen-bond donors (Lipinski definition) is 1. The van der Waals surface area contributed by atoms with Crippen LogP contribution in [0.3, 0.4) is 0 Å². The highest BCUT2D eigenvalue weighted by molar-refractivity contribution is 7.92. The number of nitrogens with zero attached hydrogens (tertiary/aromatic N) is 1. The highest BCUT2D eigenvalue weighted by atomic mass is 32.2. The molecule has 116 valence electrons. The predicted molar refractivity (Wildman–Crippen MR) is 84.8 cm³/mol. The minimum Gasteiger partial charge on any atom is -0.478 e. The summed E-state index contributed by atoms with van der Waals surface area (Å²) in [6.45, 7) is 1.83. The van der Waals surface area contributed by atoms with Gasteiger partial charge in [0.1, 0.15) is 0 Å². The molecule has 2 aromatic rings. The standard InChI is InChI=1S/C16H17NO4S/c1-3-12-9-10-13(16(18)19)11-15(12)22(20,21)17(2)14-7-5-4-6-8-14/h4-11H,3H2,1-2H3,(H,18,19). The van der Waals surface area contributed by atoms with Gasteiger partial charge in [0.15, 0.2) is 0 Å². The maximum absolute atomic E-state index is 12.8. The maximum Gasteiger partial charge on any atom is 0.335 e. The van der Waals surface area contributed by atoms with Crippen LogP contribution in [0.4, 0.5) is 5.69 Å². The molecule has 5 nitrogen and oxygen atoms in total. The van der Waals surface area contributed by atoms with E-state index in [2.05, 4.69) is 0 Å². The Morgan fingerprint density at radius 3 is 2.32 bits per heavy atom. The van der Waals surface area contributed by atoms with E-state index >= 15 is 0 Å². The third-order valence-corrected chi connectivity index (χ3v) is 5.32. The van der Waals surface area contributed by atoms with Crippen molar-refractivity contribution in [3.63, 3.8) is 0 Å². The van der Waals surface area contributed by atoms with Crippen LogP contribution in [0.2, 0.25) is 0 Å². The minimum absolute atomic E-state index is 0.0289. The average molecular weight is 319 g/mol. The number of sulfonamides is 1. The molecule has 0 aliphatic heterocycles. The van der Waals surface area contributed by atoms with Crippen LogP contribution < -0.4 is 4.31 Å². The Balaban J connectivity index is 2.57. The Morgan fingerprint density at radius 1 is 1.14 bits per heavy atom. The highest BCUT2D eigenvalue weighted by Crippen LogP contribution is 2.25. The fourth-order valence-electron chi connectivity index (χ4n) is 2.14. The lowest BCUT2D eigenvalue weighted by Gasteiger charge is -2.21. The summed E-state index contributed by atoms with van der Waals surface area (Å²) in [6.07, 6.45) is 0.497. The van der Waals surface area contributed by atoms with Gasteiger partial charge in [-0.25, -0.2) is 13.2 Å². The SMILES string of the molecule is CCc1ccc(C(=O)O)cc1S(=O)(=O)N(C)c1ccccc1. The molecule has 0 aromatic heterocycles. The molecular formula is C16H17NO4S. The number of aryl methyl sites for hydroxylation is 1. The molecule has 6 heteroatoms. The lowest BCUT2D eigenvalue weighted by Crippen LogP contribution is -2.27. The van der Waals surface area contributed by atoms with Gasteiger partial charge in [0.05, 0.1) is 16.1 Å². The molecule has 0 atom stereocenters. The molecule has 0 radical (unpaired) electrons. The van der Waals surface area contributed by atoms with Crippen LogP contribution in [0.1, 0.15) is 22.8 Å². The lowest BCUT2D eigenvalue weighted by atomic mass is 10.1. The third-order valence-electron chi connectivity index (χ3n) is 3.45. The average Bonchev–Trinajstić information content (AvgIpc) is 2.54. The number of carboxylic acids is 1. The number of hydrogen-bond acceptors (Lipinski definition) is 3. The van der Waals surface area contributed by atoms with Gasteiger partial charge in [0.25, 0.3) is 10.0 Å². The van der Waals surface area contributed by atoms with Crippen LogP contribution in [0.15, 0.2) is 53.4 Å². The van der Waals surface area contributed by atoms with E-state index in [1.54, 1.807) is 36.4 Å². The van der Waals surface area contributed by atoms with Gasteiger partial charge in [0.2, 0.25) is 0 Å². The number of rotatable bonds is 5. The Morgan fingerprint density at radius 2 is 1.77 bits per heavy atom. The normalized spacial score (nSPS) is 11.2. The van der Waals surface area contributed by atoms with Crippen molar-refractivity contribution in [3.05, 3.63) is 59.7 Å². The summed E-state index contributed by atoms with van der Waals surface area (Å²) < 4.78 is 26.8. The number of carboxylic acid groups (broad SMARTS) is 1. The second kappa shape index (κ2) is 6.19. The lowest BCUT2D eigenvalue weighted by molar-refractivity contribution is 0.0696. The topological polar surface area (TPSA) is 74.7 Å². The largest absolute Gasteiger partial charge is 0.478 e. The van der Waals surface area contributed by atoms with Crippen LogP contribution in [0, 0.1) is 0 Å². The van der Waals surface area contributed by atoms with Gasteiger partial charge in [-0.05, 0) is 36.2 Å². The van der Waals surface area contributed by atoms with Crippen molar-refractivity contribution < 1.29 is 18.3 Å². The van der Waals surface area contributed by atoms with Crippen LogP contribution in [0.25, 0.3) is 0 Å². The van der Waals surface area contributed by atoms with Crippen LogP contribution in [-0.2, 0) is 16.4 Å². The summed E-state index contributed by atoms with van der Waals surface area (Å²) in [4.78, 5) is 11.1. The monoisotopic (exact) mass is 319 g/mol. The van der Waals surface area contributed by atoms with E-state index in [0.717, 1.165) is 4.31 Å². The van der Waals surface area contributed by atoms with Gasteiger partial charge in [-0.3, -0.25) is 4.31 Å². The first kappa shape index (κ1) is 16.0. The third kappa shape index (κ3) is 2.96. The molecule has 0 saturated carbocycles. The first-order chi connectivity index (χ1) is 10.4. The maximum atomic E-state index is 12.8. The van der Waals surface area contributed by atoms with E-state index in [1.165, 1.54) is 19.2 Å². The molecule has 0 heterocycles. The van der Waals surface area contributed by atoms with E-state index < -0.39 is 16.0 Å². The Hall–Kier alpha value is -2.34. The van der Waals surface area contributed by atoms with Crippen LogP contribution in [0.5, 0.6) is 0 Å². The second-order valence-corrected chi connectivity index (χ2v) is 6.73. The zero-order valence-corrected chi connectivity index (χ0v) is 13.2. The first-order valence-corrected chi connectivity index (χ1v) is 8.22. The smallest absolute Gasteiger partial charge is 0.335 e. The fraction of sp³-hybridized carbons (Fsp3) is 0.188. The minimum atomic E-state index is -3.82. The predicted octanol–water partition coefficient (Wildman–Crippen LogP) is 2.77. The summed E-state index contributed by atoms with van der Waals surface area (Å²) in [7, 11) is -2.36. The molecule has 1 N–H and O–H groups in total. The van der Waals surface area contributed by atoms with Crippen molar-refractivity contribution in [2.45, 2.75) is 18.2 Å². The van der Waals surface area contributed by atoms with Crippen molar-refractivity contribution in [2.24, 2.45) is 0 Å².